The highest BCUT2D eigenvalue weighted by atomic mass is 16.2. The van der Waals surface area contributed by atoms with Crippen LogP contribution in [0.5, 0.6) is 0 Å². The van der Waals surface area contributed by atoms with E-state index in [0.717, 1.165) is 51.6 Å². The molecule has 1 N–H and O–H groups in total. The molecule has 5 heteroatoms. The first-order chi connectivity index (χ1) is 16.5. The number of nitrogens with zero attached hydrogens (tertiary/aromatic N) is 2. The van der Waals surface area contributed by atoms with E-state index in [1.807, 2.05) is 23.1 Å². The summed E-state index contributed by atoms with van der Waals surface area (Å²) in [6, 6.07) is 17.2. The first kappa shape index (κ1) is 22.9. The van der Waals surface area contributed by atoms with Gasteiger partial charge in [-0.1, -0.05) is 62.4 Å². The minimum Gasteiger partial charge on any atom is -0.338 e. The third-order valence-corrected chi connectivity index (χ3v) is 7.85. The molecular weight excluding hydrogens is 422 g/mol. The Bertz CT molecular complexity index is 1030. The fourth-order valence-electron chi connectivity index (χ4n) is 6.27. The molecule has 0 saturated carbocycles. The molecule has 3 aliphatic rings. The summed E-state index contributed by atoms with van der Waals surface area (Å²) in [7, 11) is 0. The molecule has 2 fully saturated rings. The zero-order valence-electron chi connectivity index (χ0n) is 20.5. The number of carbonyl (C=O) groups is 2. The Morgan fingerprint density at radius 3 is 2.71 bits per heavy atom. The van der Waals surface area contributed by atoms with Gasteiger partial charge in [0.15, 0.2) is 0 Å². The summed E-state index contributed by atoms with van der Waals surface area (Å²) in [4.78, 5) is 30.8. The van der Waals surface area contributed by atoms with E-state index in [2.05, 4.69) is 54.4 Å². The van der Waals surface area contributed by atoms with Crippen LogP contribution in [0.25, 0.3) is 0 Å². The summed E-state index contributed by atoms with van der Waals surface area (Å²) < 4.78 is 0. The maximum Gasteiger partial charge on any atom is 0.317 e. The van der Waals surface area contributed by atoms with Gasteiger partial charge < -0.3 is 15.1 Å². The number of likely N-dealkylation sites (tertiary alicyclic amines) is 1. The molecule has 2 aromatic carbocycles. The van der Waals surface area contributed by atoms with Gasteiger partial charge in [0.1, 0.15) is 0 Å². The van der Waals surface area contributed by atoms with Crippen molar-refractivity contribution in [2.45, 2.75) is 64.5 Å². The van der Waals surface area contributed by atoms with Gasteiger partial charge in [0.2, 0.25) is 5.91 Å². The van der Waals surface area contributed by atoms with Gasteiger partial charge in [0.05, 0.1) is 12.0 Å². The SMILES string of the molecule is CC(C)Cc1ccc2c(c1)CCN1C(=O)[C@H]3CCCN(C(=O)NCCc4ccccc4)[C@H]3C[C@H]21. The van der Waals surface area contributed by atoms with E-state index in [-0.39, 0.29) is 29.9 Å². The lowest BCUT2D eigenvalue weighted by molar-refractivity contribution is -0.148. The molecular formula is C29H37N3O2. The van der Waals surface area contributed by atoms with Crippen molar-refractivity contribution in [2.24, 2.45) is 11.8 Å². The predicted molar refractivity (Wildman–Crippen MR) is 135 cm³/mol. The van der Waals surface area contributed by atoms with Gasteiger partial charge in [-0.2, -0.15) is 0 Å². The molecule has 5 nitrogen and oxygen atoms in total. The third-order valence-electron chi connectivity index (χ3n) is 7.85. The Hall–Kier alpha value is -2.82. The second-order valence-electron chi connectivity index (χ2n) is 10.6. The minimum absolute atomic E-state index is 0.0134. The maximum atomic E-state index is 13.6. The lowest BCUT2D eigenvalue weighted by Gasteiger charge is -2.51. The minimum atomic E-state index is -0.0633. The molecule has 5 rings (SSSR count). The normalized spacial score (nSPS) is 23.9. The van der Waals surface area contributed by atoms with Crippen molar-refractivity contribution in [1.82, 2.24) is 15.1 Å². The first-order valence-corrected chi connectivity index (χ1v) is 13.0. The molecule has 3 heterocycles. The Balaban J connectivity index is 1.31. The van der Waals surface area contributed by atoms with E-state index in [1.165, 1.54) is 22.3 Å². The molecule has 0 aliphatic carbocycles. The Morgan fingerprint density at radius 2 is 1.91 bits per heavy atom. The summed E-state index contributed by atoms with van der Waals surface area (Å²) >= 11 is 0. The molecule has 2 aromatic rings. The smallest absolute Gasteiger partial charge is 0.317 e. The van der Waals surface area contributed by atoms with Gasteiger partial charge in [0, 0.05) is 25.7 Å². The van der Waals surface area contributed by atoms with Crippen LogP contribution in [0.1, 0.15) is 61.4 Å². The Morgan fingerprint density at radius 1 is 1.09 bits per heavy atom. The highest BCUT2D eigenvalue weighted by Gasteiger charge is 2.48. The predicted octanol–water partition coefficient (Wildman–Crippen LogP) is 4.75. The van der Waals surface area contributed by atoms with Crippen molar-refractivity contribution in [3.05, 3.63) is 70.8 Å². The van der Waals surface area contributed by atoms with E-state index < -0.39 is 0 Å². The number of nitrogens with one attached hydrogen (secondary N) is 1. The molecule has 0 radical (unpaired) electrons. The van der Waals surface area contributed by atoms with Gasteiger partial charge >= 0.3 is 6.03 Å². The highest BCUT2D eigenvalue weighted by Crippen LogP contribution is 2.43. The average molecular weight is 460 g/mol. The summed E-state index contributed by atoms with van der Waals surface area (Å²) in [6.45, 7) is 6.65. The van der Waals surface area contributed by atoms with Gasteiger partial charge in [-0.15, -0.1) is 0 Å². The van der Waals surface area contributed by atoms with E-state index in [4.69, 9.17) is 0 Å². The number of amides is 3. The number of hydrogen-bond donors (Lipinski definition) is 1. The molecule has 180 valence electrons. The van der Waals surface area contributed by atoms with Crippen LogP contribution in [-0.2, 0) is 24.1 Å². The molecule has 3 aliphatic heterocycles. The second kappa shape index (κ2) is 9.81. The first-order valence-electron chi connectivity index (χ1n) is 13.0. The number of benzene rings is 2. The quantitative estimate of drug-likeness (QED) is 0.702. The lowest BCUT2D eigenvalue weighted by atomic mass is 9.76. The monoisotopic (exact) mass is 459 g/mol. The number of urea groups is 1. The molecule has 3 amide bonds. The molecule has 3 atom stereocenters. The highest BCUT2D eigenvalue weighted by molar-refractivity contribution is 5.83. The van der Waals surface area contributed by atoms with E-state index in [0.29, 0.717) is 12.5 Å². The third kappa shape index (κ3) is 4.57. The summed E-state index contributed by atoms with van der Waals surface area (Å²) in [5.41, 5.74) is 5.29. The Labute approximate surface area is 203 Å². The summed E-state index contributed by atoms with van der Waals surface area (Å²) in [5.74, 6) is 0.818. The number of carbonyl (C=O) groups excluding carboxylic acids is 2. The van der Waals surface area contributed by atoms with Crippen molar-refractivity contribution in [1.29, 1.82) is 0 Å². The fraction of sp³-hybridized carbons (Fsp3) is 0.517. The van der Waals surface area contributed by atoms with Crippen LogP contribution in [-0.4, -0.2) is 47.4 Å². The van der Waals surface area contributed by atoms with Gasteiger partial charge in [0.25, 0.3) is 0 Å². The van der Waals surface area contributed by atoms with Crippen LogP contribution in [0.4, 0.5) is 4.79 Å². The zero-order chi connectivity index (χ0) is 23.7. The Kier molecular flexibility index (Phi) is 6.62. The van der Waals surface area contributed by atoms with Crippen LogP contribution in [0, 0.1) is 11.8 Å². The molecule has 34 heavy (non-hydrogen) atoms. The summed E-state index contributed by atoms with van der Waals surface area (Å²) in [6.07, 6.45) is 5.47. The van der Waals surface area contributed by atoms with Crippen LogP contribution < -0.4 is 5.32 Å². The van der Waals surface area contributed by atoms with Crippen molar-refractivity contribution >= 4 is 11.9 Å². The average Bonchev–Trinajstić information content (AvgIpc) is 2.84. The van der Waals surface area contributed by atoms with Crippen molar-refractivity contribution in [2.75, 3.05) is 19.6 Å². The van der Waals surface area contributed by atoms with Gasteiger partial charge in [-0.3, -0.25) is 4.79 Å². The van der Waals surface area contributed by atoms with Crippen LogP contribution in [0.2, 0.25) is 0 Å². The topological polar surface area (TPSA) is 52.7 Å². The van der Waals surface area contributed by atoms with Gasteiger partial charge in [-0.05, 0) is 66.7 Å². The molecule has 0 spiro atoms. The van der Waals surface area contributed by atoms with Crippen molar-refractivity contribution in [3.63, 3.8) is 0 Å². The second-order valence-corrected chi connectivity index (χ2v) is 10.6. The fourth-order valence-corrected chi connectivity index (χ4v) is 6.27. The largest absolute Gasteiger partial charge is 0.338 e. The van der Waals surface area contributed by atoms with Crippen molar-refractivity contribution in [3.8, 4) is 0 Å². The van der Waals surface area contributed by atoms with Crippen molar-refractivity contribution < 1.29 is 9.59 Å². The van der Waals surface area contributed by atoms with Gasteiger partial charge in [-0.25, -0.2) is 4.79 Å². The maximum absolute atomic E-state index is 13.6. The molecule has 0 unspecified atom stereocenters. The van der Waals surface area contributed by atoms with E-state index in [9.17, 15) is 9.59 Å². The van der Waals surface area contributed by atoms with E-state index in [1.54, 1.807) is 0 Å². The molecule has 0 aromatic heterocycles. The number of piperidine rings is 2. The lowest BCUT2D eigenvalue weighted by Crippen LogP contribution is -2.61. The number of rotatable bonds is 5. The zero-order valence-corrected chi connectivity index (χ0v) is 20.5. The summed E-state index contributed by atoms with van der Waals surface area (Å²) in [5, 5.41) is 3.13. The molecule has 0 bridgehead atoms. The number of fused-ring (bicyclic) bond motifs is 4. The van der Waals surface area contributed by atoms with Crippen LogP contribution in [0.3, 0.4) is 0 Å². The molecule has 2 saturated heterocycles. The van der Waals surface area contributed by atoms with Crippen LogP contribution >= 0.6 is 0 Å². The number of hydrogen-bond acceptors (Lipinski definition) is 2. The standard InChI is InChI=1S/C29H37N3O2/c1-20(2)17-22-10-11-24-23(18-22)13-16-31-26(24)19-27-25(28(31)33)9-6-15-32(27)29(34)30-14-12-21-7-4-3-5-8-21/h3-5,7-8,10-11,18,20,25-27H,6,9,12-17,19H2,1-2H3,(H,30,34)/t25-,26+,27-/m0/s1. The van der Waals surface area contributed by atoms with Crippen LogP contribution in [0.15, 0.2) is 48.5 Å². The van der Waals surface area contributed by atoms with E-state index >= 15 is 0 Å².